The lowest BCUT2D eigenvalue weighted by atomic mass is 10.1. The molecule has 1 amide bonds. The normalized spacial score (nSPS) is 13.0. The first-order valence-corrected chi connectivity index (χ1v) is 7.74. The summed E-state index contributed by atoms with van der Waals surface area (Å²) in [4.78, 5) is 16.3. The number of rotatable bonds is 3. The molecule has 8 heteroatoms. The number of nitrogens with zero attached hydrogens (tertiary/aromatic N) is 2. The number of pyridine rings is 1. The van der Waals surface area contributed by atoms with Crippen LogP contribution in [0.15, 0.2) is 30.6 Å². The van der Waals surface area contributed by atoms with Crippen LogP contribution < -0.4 is 14.8 Å². The first kappa shape index (κ1) is 14.8. The number of ether oxygens (including phenoxy) is 2. The lowest BCUT2D eigenvalue weighted by molar-refractivity contribution is -0.115. The van der Waals surface area contributed by atoms with Crippen LogP contribution in [-0.4, -0.2) is 34.3 Å². The second-order valence-corrected chi connectivity index (χ2v) is 5.73. The minimum absolute atomic E-state index is 0.188. The summed E-state index contributed by atoms with van der Waals surface area (Å²) >= 11 is 6.12. The molecule has 122 valence electrons. The fourth-order valence-electron chi connectivity index (χ4n) is 2.58. The van der Waals surface area contributed by atoms with Crippen LogP contribution in [0, 0.1) is 0 Å². The monoisotopic (exact) mass is 344 g/mol. The maximum absolute atomic E-state index is 12.3. The van der Waals surface area contributed by atoms with E-state index in [1.165, 1.54) is 6.20 Å². The van der Waals surface area contributed by atoms with Crippen LogP contribution in [0.3, 0.4) is 0 Å². The average Bonchev–Trinajstić information content (AvgIpc) is 2.99. The van der Waals surface area contributed by atoms with Crippen LogP contribution in [-0.2, 0) is 11.2 Å². The van der Waals surface area contributed by atoms with E-state index in [4.69, 9.17) is 21.1 Å². The average molecular weight is 345 g/mol. The number of carbonyl (C=O) groups is 1. The molecule has 1 aliphatic rings. The molecule has 1 aliphatic heterocycles. The quantitative estimate of drug-likeness (QED) is 0.762. The SMILES string of the molecule is O=C(Cc1ccc2c(c1)OCCO2)Nc1n[nH]c2cncc(Cl)c12. The van der Waals surface area contributed by atoms with Crippen molar-refractivity contribution in [2.45, 2.75) is 6.42 Å². The van der Waals surface area contributed by atoms with Gasteiger partial charge in [-0.2, -0.15) is 5.10 Å². The minimum atomic E-state index is -0.201. The van der Waals surface area contributed by atoms with Gasteiger partial charge in [0.15, 0.2) is 17.3 Å². The molecule has 0 saturated heterocycles. The van der Waals surface area contributed by atoms with E-state index >= 15 is 0 Å². The maximum atomic E-state index is 12.3. The number of nitrogens with one attached hydrogen (secondary N) is 2. The van der Waals surface area contributed by atoms with Crippen molar-refractivity contribution in [2.24, 2.45) is 0 Å². The summed E-state index contributed by atoms with van der Waals surface area (Å²) < 4.78 is 11.0. The zero-order valence-electron chi connectivity index (χ0n) is 12.5. The van der Waals surface area contributed by atoms with Gasteiger partial charge < -0.3 is 14.8 Å². The number of anilines is 1. The lowest BCUT2D eigenvalue weighted by Gasteiger charge is -2.18. The van der Waals surface area contributed by atoms with Crippen LogP contribution in [0.2, 0.25) is 5.02 Å². The Morgan fingerprint density at radius 3 is 2.96 bits per heavy atom. The molecule has 2 aromatic heterocycles. The van der Waals surface area contributed by atoms with Crippen molar-refractivity contribution in [3.05, 3.63) is 41.2 Å². The molecule has 7 nitrogen and oxygen atoms in total. The Morgan fingerprint density at radius 2 is 2.08 bits per heavy atom. The molecule has 0 saturated carbocycles. The first-order chi connectivity index (χ1) is 11.7. The van der Waals surface area contributed by atoms with Gasteiger partial charge in [0.1, 0.15) is 13.2 Å². The maximum Gasteiger partial charge on any atom is 0.230 e. The molecule has 0 spiro atoms. The van der Waals surface area contributed by atoms with E-state index in [9.17, 15) is 4.79 Å². The van der Waals surface area contributed by atoms with E-state index in [1.807, 2.05) is 18.2 Å². The number of aromatic amines is 1. The fourth-order valence-corrected chi connectivity index (χ4v) is 2.83. The summed E-state index contributed by atoms with van der Waals surface area (Å²) in [6, 6.07) is 5.46. The molecule has 0 bridgehead atoms. The summed E-state index contributed by atoms with van der Waals surface area (Å²) in [6.07, 6.45) is 3.30. The Hall–Kier alpha value is -2.80. The molecule has 0 radical (unpaired) electrons. The summed E-state index contributed by atoms with van der Waals surface area (Å²) in [7, 11) is 0. The standard InChI is InChI=1S/C16H13ClN4O3/c17-10-7-18-8-11-15(10)16(21-20-11)19-14(22)6-9-1-2-12-13(5-9)24-4-3-23-12/h1-2,5,7-8H,3-4,6H2,(H2,19,20,21,22). The van der Waals surface area contributed by atoms with Crippen LogP contribution in [0.4, 0.5) is 5.82 Å². The van der Waals surface area contributed by atoms with Crippen molar-refractivity contribution in [1.29, 1.82) is 0 Å². The van der Waals surface area contributed by atoms with Crippen molar-refractivity contribution in [3.8, 4) is 11.5 Å². The van der Waals surface area contributed by atoms with Crippen molar-refractivity contribution >= 4 is 34.2 Å². The Balaban J connectivity index is 1.52. The molecular weight excluding hydrogens is 332 g/mol. The second kappa shape index (κ2) is 6.01. The minimum Gasteiger partial charge on any atom is -0.486 e. The predicted molar refractivity (Wildman–Crippen MR) is 88.7 cm³/mol. The van der Waals surface area contributed by atoms with E-state index in [2.05, 4.69) is 20.5 Å². The Kier molecular flexibility index (Phi) is 3.70. The molecular formula is C16H13ClN4O3. The third-order valence-electron chi connectivity index (χ3n) is 3.65. The fraction of sp³-hybridized carbons (Fsp3) is 0.188. The van der Waals surface area contributed by atoms with Gasteiger partial charge in [0, 0.05) is 6.20 Å². The number of amides is 1. The highest BCUT2D eigenvalue weighted by molar-refractivity contribution is 6.36. The zero-order valence-corrected chi connectivity index (χ0v) is 13.3. The highest BCUT2D eigenvalue weighted by Crippen LogP contribution is 2.31. The van der Waals surface area contributed by atoms with E-state index in [0.717, 1.165) is 5.56 Å². The molecule has 0 fully saturated rings. The number of H-pyrrole nitrogens is 1. The van der Waals surface area contributed by atoms with Gasteiger partial charge in [-0.25, -0.2) is 0 Å². The predicted octanol–water partition coefficient (Wildman–Crippen LogP) is 2.56. The Labute approximate surface area is 141 Å². The lowest BCUT2D eigenvalue weighted by Crippen LogP contribution is -2.17. The summed E-state index contributed by atoms with van der Waals surface area (Å²) in [6.45, 7) is 1.04. The van der Waals surface area contributed by atoms with Gasteiger partial charge in [0.2, 0.25) is 5.91 Å². The van der Waals surface area contributed by atoms with Crippen LogP contribution in [0.1, 0.15) is 5.56 Å². The molecule has 1 aromatic carbocycles. The van der Waals surface area contributed by atoms with E-state index in [0.29, 0.717) is 46.5 Å². The van der Waals surface area contributed by atoms with E-state index in [1.54, 1.807) is 6.20 Å². The smallest absolute Gasteiger partial charge is 0.230 e. The van der Waals surface area contributed by atoms with Gasteiger partial charge in [-0.15, -0.1) is 0 Å². The number of aromatic nitrogens is 3. The summed E-state index contributed by atoms with van der Waals surface area (Å²) in [5, 5.41) is 10.7. The molecule has 3 heterocycles. The number of benzene rings is 1. The van der Waals surface area contributed by atoms with Gasteiger partial charge in [0.25, 0.3) is 0 Å². The molecule has 0 aliphatic carbocycles. The van der Waals surface area contributed by atoms with Crippen LogP contribution in [0.5, 0.6) is 11.5 Å². The third-order valence-corrected chi connectivity index (χ3v) is 3.94. The molecule has 0 atom stereocenters. The Bertz CT molecular complexity index is 925. The van der Waals surface area contributed by atoms with Gasteiger partial charge in [-0.1, -0.05) is 17.7 Å². The van der Waals surface area contributed by atoms with E-state index < -0.39 is 0 Å². The van der Waals surface area contributed by atoms with Crippen molar-refractivity contribution in [2.75, 3.05) is 18.5 Å². The van der Waals surface area contributed by atoms with Crippen molar-refractivity contribution in [3.63, 3.8) is 0 Å². The van der Waals surface area contributed by atoms with Crippen molar-refractivity contribution in [1.82, 2.24) is 15.2 Å². The second-order valence-electron chi connectivity index (χ2n) is 5.32. The highest BCUT2D eigenvalue weighted by Gasteiger charge is 2.15. The van der Waals surface area contributed by atoms with Crippen molar-refractivity contribution < 1.29 is 14.3 Å². The van der Waals surface area contributed by atoms with Gasteiger partial charge in [-0.3, -0.25) is 14.9 Å². The van der Waals surface area contributed by atoms with Gasteiger partial charge in [-0.05, 0) is 17.7 Å². The number of halogens is 1. The molecule has 4 rings (SSSR count). The third kappa shape index (κ3) is 2.74. The molecule has 24 heavy (non-hydrogen) atoms. The highest BCUT2D eigenvalue weighted by atomic mass is 35.5. The van der Waals surface area contributed by atoms with Gasteiger partial charge in [0.05, 0.1) is 28.5 Å². The number of carbonyl (C=O) groups excluding carboxylic acids is 1. The summed E-state index contributed by atoms with van der Waals surface area (Å²) in [5.74, 6) is 1.54. The topological polar surface area (TPSA) is 89.1 Å². The molecule has 3 aromatic rings. The van der Waals surface area contributed by atoms with Crippen LogP contribution >= 0.6 is 11.6 Å². The summed E-state index contributed by atoms with van der Waals surface area (Å²) in [5.41, 5.74) is 1.49. The largest absolute Gasteiger partial charge is 0.486 e. The van der Waals surface area contributed by atoms with E-state index in [-0.39, 0.29) is 12.3 Å². The number of fused-ring (bicyclic) bond motifs is 2. The number of hydrogen-bond donors (Lipinski definition) is 2. The molecule has 2 N–H and O–H groups in total. The zero-order chi connectivity index (χ0) is 16.5. The Morgan fingerprint density at radius 1 is 1.25 bits per heavy atom. The first-order valence-electron chi connectivity index (χ1n) is 7.36. The van der Waals surface area contributed by atoms with Crippen LogP contribution in [0.25, 0.3) is 10.9 Å². The van der Waals surface area contributed by atoms with Gasteiger partial charge >= 0.3 is 0 Å². The number of hydrogen-bond acceptors (Lipinski definition) is 5. The molecule has 0 unspecified atom stereocenters.